The Morgan fingerprint density at radius 3 is 2.63 bits per heavy atom. The van der Waals surface area contributed by atoms with E-state index in [9.17, 15) is 9.59 Å². The van der Waals surface area contributed by atoms with Crippen LogP contribution >= 0.6 is 23.1 Å². The van der Waals surface area contributed by atoms with Crippen molar-refractivity contribution in [1.29, 1.82) is 0 Å². The summed E-state index contributed by atoms with van der Waals surface area (Å²) in [7, 11) is 0. The second-order valence-electron chi connectivity index (χ2n) is 5.73. The maximum absolute atomic E-state index is 12.2. The van der Waals surface area contributed by atoms with E-state index in [2.05, 4.69) is 10.3 Å². The fraction of sp³-hybridized carbons (Fsp3) is 0.150. The molecule has 0 spiro atoms. The van der Waals surface area contributed by atoms with Gasteiger partial charge in [0.2, 0.25) is 0 Å². The molecule has 1 N–H and O–H groups in total. The van der Waals surface area contributed by atoms with Crippen molar-refractivity contribution in [1.82, 2.24) is 4.98 Å². The lowest BCUT2D eigenvalue weighted by atomic mass is 10.2. The number of aryl methyl sites for hydroxylation is 1. The van der Waals surface area contributed by atoms with Crippen molar-refractivity contribution >= 4 is 40.7 Å². The summed E-state index contributed by atoms with van der Waals surface area (Å²) >= 11 is 2.89. The molecule has 0 saturated carbocycles. The molecule has 7 heteroatoms. The van der Waals surface area contributed by atoms with Crippen LogP contribution in [0.1, 0.15) is 16.1 Å². The molecule has 2 aromatic carbocycles. The number of benzene rings is 2. The van der Waals surface area contributed by atoms with E-state index in [1.807, 2.05) is 55.6 Å². The van der Waals surface area contributed by atoms with Gasteiger partial charge in [-0.3, -0.25) is 4.79 Å². The predicted molar refractivity (Wildman–Crippen MR) is 109 cm³/mol. The lowest BCUT2D eigenvalue weighted by Gasteiger charge is -2.09. The van der Waals surface area contributed by atoms with E-state index < -0.39 is 5.97 Å². The Balaban J connectivity index is 1.58. The Morgan fingerprint density at radius 2 is 1.89 bits per heavy atom. The van der Waals surface area contributed by atoms with E-state index in [4.69, 9.17) is 4.74 Å². The Morgan fingerprint density at radius 1 is 1.15 bits per heavy atom. The lowest BCUT2D eigenvalue weighted by Crippen LogP contribution is -2.21. The van der Waals surface area contributed by atoms with E-state index in [1.165, 1.54) is 23.1 Å². The molecular weight excluding hydrogens is 380 g/mol. The summed E-state index contributed by atoms with van der Waals surface area (Å²) in [6, 6.07) is 15.4. The van der Waals surface area contributed by atoms with Gasteiger partial charge in [0.15, 0.2) is 12.3 Å². The highest BCUT2D eigenvalue weighted by Crippen LogP contribution is 2.25. The first-order valence-electron chi connectivity index (χ1n) is 8.19. The van der Waals surface area contributed by atoms with Gasteiger partial charge in [-0.05, 0) is 25.3 Å². The van der Waals surface area contributed by atoms with E-state index in [0.29, 0.717) is 5.69 Å². The van der Waals surface area contributed by atoms with E-state index in [-0.39, 0.29) is 18.2 Å². The molecule has 0 radical (unpaired) electrons. The number of nitrogens with zero attached hydrogens (tertiary/aromatic N) is 1. The summed E-state index contributed by atoms with van der Waals surface area (Å²) in [6.45, 7) is 1.65. The summed E-state index contributed by atoms with van der Waals surface area (Å²) < 4.78 is 5.09. The number of esters is 1. The highest BCUT2D eigenvalue weighted by atomic mass is 32.2. The first-order valence-corrected chi connectivity index (χ1v) is 10.3. The largest absolute Gasteiger partial charge is 0.451 e. The maximum atomic E-state index is 12.2. The number of aromatic nitrogens is 1. The zero-order valence-electron chi connectivity index (χ0n) is 14.9. The number of hydrogen-bond donors (Lipinski definition) is 1. The lowest BCUT2D eigenvalue weighted by molar-refractivity contribution is -0.119. The summed E-state index contributed by atoms with van der Waals surface area (Å²) in [5.41, 5.74) is 2.99. The predicted octanol–water partition coefficient (Wildman–Crippen LogP) is 4.64. The zero-order valence-corrected chi connectivity index (χ0v) is 16.5. The second-order valence-corrected chi connectivity index (χ2v) is 7.43. The minimum Gasteiger partial charge on any atom is -0.451 e. The molecule has 1 amide bonds. The van der Waals surface area contributed by atoms with Crippen molar-refractivity contribution in [3.63, 3.8) is 0 Å². The number of thioether (sulfide) groups is 1. The maximum Gasteiger partial charge on any atom is 0.358 e. The monoisotopic (exact) mass is 398 g/mol. The minimum atomic E-state index is -0.613. The third-order valence-electron chi connectivity index (χ3n) is 3.73. The van der Waals surface area contributed by atoms with Gasteiger partial charge in [-0.15, -0.1) is 23.1 Å². The van der Waals surface area contributed by atoms with Crippen molar-refractivity contribution < 1.29 is 14.3 Å². The molecule has 138 valence electrons. The molecular formula is C20H18N2O3S2. The van der Waals surface area contributed by atoms with Gasteiger partial charge >= 0.3 is 5.97 Å². The number of para-hydroxylation sites is 1. The fourth-order valence-corrected chi connectivity index (χ4v) is 3.68. The third-order valence-corrected chi connectivity index (χ3v) is 5.41. The molecule has 0 saturated heterocycles. The zero-order chi connectivity index (χ0) is 19.2. The molecule has 1 heterocycles. The molecule has 0 unspecified atom stereocenters. The molecule has 0 aliphatic carbocycles. The Kier molecular flexibility index (Phi) is 6.26. The fourth-order valence-electron chi connectivity index (χ4n) is 2.34. The smallest absolute Gasteiger partial charge is 0.358 e. The molecule has 0 atom stereocenters. The Hall–Kier alpha value is -2.64. The average Bonchev–Trinajstić information content (AvgIpc) is 3.17. The second kappa shape index (κ2) is 8.83. The summed E-state index contributed by atoms with van der Waals surface area (Å²) in [5, 5.41) is 5.12. The van der Waals surface area contributed by atoms with E-state index in [0.717, 1.165) is 21.0 Å². The third kappa shape index (κ3) is 4.96. The molecule has 0 bridgehead atoms. The van der Waals surface area contributed by atoms with Gasteiger partial charge in [0.05, 0.1) is 5.69 Å². The number of thiazole rings is 1. The van der Waals surface area contributed by atoms with Crippen molar-refractivity contribution in [3.05, 3.63) is 65.2 Å². The highest BCUT2D eigenvalue weighted by Gasteiger charge is 2.15. The molecule has 3 aromatic rings. The number of ether oxygens (including phenoxy) is 1. The van der Waals surface area contributed by atoms with Crippen LogP contribution in [0.15, 0.2) is 58.8 Å². The number of carbonyl (C=O) groups excluding carboxylic acids is 2. The van der Waals surface area contributed by atoms with Crippen molar-refractivity contribution in [2.24, 2.45) is 0 Å². The van der Waals surface area contributed by atoms with Crippen LogP contribution in [0.2, 0.25) is 0 Å². The number of carbonyl (C=O) groups is 2. The normalized spacial score (nSPS) is 10.4. The van der Waals surface area contributed by atoms with Gasteiger partial charge in [-0.1, -0.05) is 42.0 Å². The van der Waals surface area contributed by atoms with Crippen LogP contribution in [0.5, 0.6) is 0 Å². The van der Waals surface area contributed by atoms with Gasteiger partial charge < -0.3 is 10.1 Å². The summed E-state index contributed by atoms with van der Waals surface area (Å²) in [6.07, 6.45) is 1.93. The standard InChI is InChI=1S/C20H18N2O3S2/c1-13-7-9-14(10-8-13)19-22-16(12-27-19)20(24)25-11-18(23)21-15-5-3-4-6-17(15)26-2/h3-10,12H,11H2,1-2H3,(H,21,23). The van der Waals surface area contributed by atoms with Crippen LogP contribution in [0.4, 0.5) is 5.69 Å². The number of rotatable bonds is 6. The highest BCUT2D eigenvalue weighted by molar-refractivity contribution is 7.98. The molecule has 5 nitrogen and oxygen atoms in total. The topological polar surface area (TPSA) is 68.3 Å². The molecule has 0 aliphatic heterocycles. The number of hydrogen-bond acceptors (Lipinski definition) is 6. The van der Waals surface area contributed by atoms with Crippen molar-refractivity contribution in [2.75, 3.05) is 18.2 Å². The molecule has 0 aliphatic rings. The van der Waals surface area contributed by atoms with Crippen LogP contribution < -0.4 is 5.32 Å². The van der Waals surface area contributed by atoms with Gasteiger partial charge in [-0.2, -0.15) is 0 Å². The molecule has 27 heavy (non-hydrogen) atoms. The van der Waals surface area contributed by atoms with Crippen LogP contribution in [0.3, 0.4) is 0 Å². The molecule has 1 aromatic heterocycles. The van der Waals surface area contributed by atoms with E-state index >= 15 is 0 Å². The van der Waals surface area contributed by atoms with Crippen LogP contribution in [0, 0.1) is 6.92 Å². The van der Waals surface area contributed by atoms with Crippen LogP contribution in [-0.2, 0) is 9.53 Å². The summed E-state index contributed by atoms with van der Waals surface area (Å²) in [5.74, 6) is -1.00. The Bertz CT molecular complexity index is 952. The van der Waals surface area contributed by atoms with Gasteiger partial charge in [0.1, 0.15) is 5.01 Å². The van der Waals surface area contributed by atoms with Gasteiger partial charge in [0, 0.05) is 15.8 Å². The SMILES string of the molecule is CSc1ccccc1NC(=O)COC(=O)c1csc(-c2ccc(C)cc2)n1. The number of amides is 1. The molecule has 3 rings (SSSR count). The quantitative estimate of drug-likeness (QED) is 0.484. The molecule has 0 fully saturated rings. The first-order chi connectivity index (χ1) is 13.1. The van der Waals surface area contributed by atoms with Gasteiger partial charge in [0.25, 0.3) is 5.91 Å². The minimum absolute atomic E-state index is 0.202. The number of nitrogens with one attached hydrogen (secondary N) is 1. The average molecular weight is 399 g/mol. The van der Waals surface area contributed by atoms with Crippen LogP contribution in [0.25, 0.3) is 10.6 Å². The summed E-state index contributed by atoms with van der Waals surface area (Å²) in [4.78, 5) is 29.5. The van der Waals surface area contributed by atoms with Crippen molar-refractivity contribution in [3.8, 4) is 10.6 Å². The van der Waals surface area contributed by atoms with E-state index in [1.54, 1.807) is 11.4 Å². The number of anilines is 1. The van der Waals surface area contributed by atoms with Crippen molar-refractivity contribution in [2.45, 2.75) is 11.8 Å². The van der Waals surface area contributed by atoms with Gasteiger partial charge in [-0.25, -0.2) is 9.78 Å². The Labute approximate surface area is 165 Å². The first kappa shape index (κ1) is 19.1. The van der Waals surface area contributed by atoms with Crippen LogP contribution in [-0.4, -0.2) is 29.7 Å².